The van der Waals surface area contributed by atoms with Crippen molar-refractivity contribution in [2.75, 3.05) is 19.0 Å². The van der Waals surface area contributed by atoms with E-state index >= 15 is 0 Å². The Morgan fingerprint density at radius 2 is 1.93 bits per heavy atom. The zero-order chi connectivity index (χ0) is 20.5. The van der Waals surface area contributed by atoms with Gasteiger partial charge in [0.1, 0.15) is 5.82 Å². The number of nitrogens with zero attached hydrogens (tertiary/aromatic N) is 1. The lowest BCUT2D eigenvalue weighted by molar-refractivity contribution is 0.187. The molecule has 0 saturated heterocycles. The summed E-state index contributed by atoms with van der Waals surface area (Å²) in [4.78, 5) is 15.8. The molecule has 2 aromatic carbocycles. The van der Waals surface area contributed by atoms with Gasteiger partial charge in [-0.15, -0.1) is 0 Å². The number of guanidine groups is 1. The first kappa shape index (κ1) is 21.2. The Balaban J connectivity index is 2.03. The standard InChI is InChI=1S/C21H27FN4O2/c1-5-23-20(25-15(3)17-9-6-14(2)19(22)12-17)24-13-16-7-10-18(11-8-16)26-21(27)28-4/h6-12,15H,5,13H2,1-4H3,(H,26,27)(H2,23,24,25). The smallest absolute Gasteiger partial charge is 0.411 e. The van der Waals surface area contributed by atoms with Crippen LogP contribution in [0.4, 0.5) is 14.9 Å². The molecule has 0 aliphatic rings. The fourth-order valence-electron chi connectivity index (χ4n) is 2.52. The normalized spacial score (nSPS) is 12.2. The Kier molecular flexibility index (Phi) is 7.80. The van der Waals surface area contributed by atoms with Gasteiger partial charge in [-0.05, 0) is 55.7 Å². The van der Waals surface area contributed by atoms with Gasteiger partial charge in [-0.1, -0.05) is 24.3 Å². The van der Waals surface area contributed by atoms with Gasteiger partial charge in [0.25, 0.3) is 0 Å². The van der Waals surface area contributed by atoms with Crippen LogP contribution in [0.2, 0.25) is 0 Å². The Labute approximate surface area is 165 Å². The first-order chi connectivity index (χ1) is 13.4. The lowest BCUT2D eigenvalue weighted by Crippen LogP contribution is -2.38. The van der Waals surface area contributed by atoms with E-state index < -0.39 is 6.09 Å². The van der Waals surface area contributed by atoms with Gasteiger partial charge >= 0.3 is 6.09 Å². The lowest BCUT2D eigenvalue weighted by atomic mass is 10.1. The molecule has 2 rings (SSSR count). The van der Waals surface area contributed by atoms with E-state index in [1.54, 1.807) is 31.2 Å². The molecule has 1 amide bonds. The number of anilines is 1. The number of hydrogen-bond donors (Lipinski definition) is 3. The number of benzene rings is 2. The predicted octanol–water partition coefficient (Wildman–Crippen LogP) is 4.13. The minimum absolute atomic E-state index is 0.0977. The number of methoxy groups -OCH3 is 1. The maximum atomic E-state index is 13.8. The molecule has 0 aromatic heterocycles. The Morgan fingerprint density at radius 3 is 2.54 bits per heavy atom. The molecule has 1 atom stereocenters. The van der Waals surface area contributed by atoms with Crippen molar-refractivity contribution in [3.05, 3.63) is 65.0 Å². The van der Waals surface area contributed by atoms with E-state index in [0.29, 0.717) is 30.3 Å². The maximum Gasteiger partial charge on any atom is 0.411 e. The van der Waals surface area contributed by atoms with Gasteiger partial charge in [0.05, 0.1) is 19.7 Å². The number of hydrogen-bond acceptors (Lipinski definition) is 3. The summed E-state index contributed by atoms with van der Waals surface area (Å²) < 4.78 is 18.4. The van der Waals surface area contributed by atoms with Crippen LogP contribution in [0.15, 0.2) is 47.5 Å². The van der Waals surface area contributed by atoms with Crippen LogP contribution in [0, 0.1) is 12.7 Å². The molecule has 0 saturated carbocycles. The number of aliphatic imine (C=N–C) groups is 1. The first-order valence-electron chi connectivity index (χ1n) is 9.17. The molecule has 0 spiro atoms. The number of ether oxygens (including phenoxy) is 1. The van der Waals surface area contributed by atoms with Crippen LogP contribution in [0.25, 0.3) is 0 Å². The number of halogens is 1. The highest BCUT2D eigenvalue weighted by atomic mass is 19.1. The van der Waals surface area contributed by atoms with Crippen LogP contribution in [-0.2, 0) is 11.3 Å². The molecule has 0 heterocycles. The van der Waals surface area contributed by atoms with E-state index in [1.165, 1.54) is 7.11 Å². The van der Waals surface area contributed by atoms with Crippen molar-refractivity contribution in [3.8, 4) is 0 Å². The van der Waals surface area contributed by atoms with E-state index in [2.05, 4.69) is 25.7 Å². The summed E-state index contributed by atoms with van der Waals surface area (Å²) in [7, 11) is 1.32. The third-order valence-electron chi connectivity index (χ3n) is 4.20. The van der Waals surface area contributed by atoms with Crippen molar-refractivity contribution in [2.45, 2.75) is 33.4 Å². The van der Waals surface area contributed by atoms with Crippen LogP contribution in [0.3, 0.4) is 0 Å². The van der Waals surface area contributed by atoms with Crippen LogP contribution < -0.4 is 16.0 Å². The van der Waals surface area contributed by atoms with E-state index in [0.717, 1.165) is 11.1 Å². The zero-order valence-corrected chi connectivity index (χ0v) is 16.7. The van der Waals surface area contributed by atoms with Crippen molar-refractivity contribution in [1.29, 1.82) is 0 Å². The van der Waals surface area contributed by atoms with Crippen LogP contribution in [-0.4, -0.2) is 25.7 Å². The second-order valence-corrected chi connectivity index (χ2v) is 6.38. The molecular weight excluding hydrogens is 359 g/mol. The SMILES string of the molecule is CCNC(=NCc1ccc(NC(=O)OC)cc1)NC(C)c1ccc(C)c(F)c1. The number of rotatable bonds is 6. The monoisotopic (exact) mass is 386 g/mol. The van der Waals surface area contributed by atoms with Gasteiger partial charge in [0.15, 0.2) is 5.96 Å². The molecule has 0 aliphatic carbocycles. The summed E-state index contributed by atoms with van der Waals surface area (Å²) in [6.07, 6.45) is -0.508. The number of carbonyl (C=O) groups excluding carboxylic acids is 1. The first-order valence-corrected chi connectivity index (χ1v) is 9.17. The van der Waals surface area contributed by atoms with E-state index in [-0.39, 0.29) is 11.9 Å². The van der Waals surface area contributed by atoms with Gasteiger partial charge in [-0.3, -0.25) is 5.32 Å². The van der Waals surface area contributed by atoms with Crippen LogP contribution >= 0.6 is 0 Å². The average Bonchev–Trinajstić information content (AvgIpc) is 2.69. The van der Waals surface area contributed by atoms with E-state index in [1.807, 2.05) is 32.0 Å². The lowest BCUT2D eigenvalue weighted by Gasteiger charge is -2.18. The Morgan fingerprint density at radius 1 is 1.21 bits per heavy atom. The van der Waals surface area contributed by atoms with Crippen molar-refractivity contribution < 1.29 is 13.9 Å². The zero-order valence-electron chi connectivity index (χ0n) is 16.7. The maximum absolute atomic E-state index is 13.8. The van der Waals surface area contributed by atoms with Crippen molar-refractivity contribution >= 4 is 17.7 Å². The minimum atomic E-state index is -0.508. The molecule has 0 bridgehead atoms. The Bertz CT molecular complexity index is 822. The van der Waals surface area contributed by atoms with Gasteiger partial charge in [-0.2, -0.15) is 0 Å². The van der Waals surface area contributed by atoms with Gasteiger partial charge in [0.2, 0.25) is 0 Å². The van der Waals surface area contributed by atoms with Gasteiger partial charge in [0, 0.05) is 12.2 Å². The summed E-state index contributed by atoms with van der Waals surface area (Å²) >= 11 is 0. The number of nitrogens with one attached hydrogen (secondary N) is 3. The van der Waals surface area contributed by atoms with Crippen molar-refractivity contribution in [3.63, 3.8) is 0 Å². The molecule has 2 aromatic rings. The second-order valence-electron chi connectivity index (χ2n) is 6.38. The van der Waals surface area contributed by atoms with Gasteiger partial charge in [-0.25, -0.2) is 14.2 Å². The highest BCUT2D eigenvalue weighted by molar-refractivity contribution is 5.84. The molecule has 1 unspecified atom stereocenters. The molecule has 0 radical (unpaired) electrons. The Hall–Kier alpha value is -3.09. The highest BCUT2D eigenvalue weighted by Crippen LogP contribution is 2.16. The predicted molar refractivity (Wildman–Crippen MR) is 110 cm³/mol. The number of amides is 1. The number of aryl methyl sites for hydroxylation is 1. The van der Waals surface area contributed by atoms with E-state index in [4.69, 9.17) is 0 Å². The van der Waals surface area contributed by atoms with Crippen molar-refractivity contribution in [1.82, 2.24) is 10.6 Å². The molecule has 150 valence electrons. The summed E-state index contributed by atoms with van der Waals surface area (Å²) in [6, 6.07) is 12.5. The van der Waals surface area contributed by atoms with Crippen molar-refractivity contribution in [2.24, 2.45) is 4.99 Å². The quantitative estimate of drug-likeness (QED) is 0.515. The summed E-state index contributed by atoms with van der Waals surface area (Å²) in [5, 5.41) is 9.10. The number of carbonyl (C=O) groups is 1. The third kappa shape index (κ3) is 6.26. The molecule has 0 fully saturated rings. The fraction of sp³-hybridized carbons (Fsp3) is 0.333. The summed E-state index contributed by atoms with van der Waals surface area (Å²) in [5.74, 6) is 0.432. The second kappa shape index (κ2) is 10.3. The molecule has 28 heavy (non-hydrogen) atoms. The molecule has 0 aliphatic heterocycles. The van der Waals surface area contributed by atoms with Gasteiger partial charge < -0.3 is 15.4 Å². The topological polar surface area (TPSA) is 74.8 Å². The molecule has 7 heteroatoms. The van der Waals surface area contributed by atoms with Crippen LogP contribution in [0.1, 0.15) is 36.6 Å². The highest BCUT2D eigenvalue weighted by Gasteiger charge is 2.10. The molecular formula is C21H27FN4O2. The summed E-state index contributed by atoms with van der Waals surface area (Å²) in [6.45, 7) is 6.87. The van der Waals surface area contributed by atoms with Crippen LogP contribution in [0.5, 0.6) is 0 Å². The third-order valence-corrected chi connectivity index (χ3v) is 4.20. The molecule has 3 N–H and O–H groups in total. The largest absolute Gasteiger partial charge is 0.453 e. The molecule has 6 nitrogen and oxygen atoms in total. The van der Waals surface area contributed by atoms with E-state index in [9.17, 15) is 9.18 Å². The fourth-order valence-corrected chi connectivity index (χ4v) is 2.52. The minimum Gasteiger partial charge on any atom is -0.453 e. The summed E-state index contributed by atoms with van der Waals surface area (Å²) in [5.41, 5.74) is 3.12. The average molecular weight is 386 g/mol.